The van der Waals surface area contributed by atoms with Gasteiger partial charge in [0.25, 0.3) is 0 Å². The second-order valence-corrected chi connectivity index (χ2v) is 4.46. The van der Waals surface area contributed by atoms with Crippen molar-refractivity contribution >= 4 is 0 Å². The molecule has 126 valence electrons. The van der Waals surface area contributed by atoms with Crippen LogP contribution in [-0.2, 0) is 40.2 Å². The summed E-state index contributed by atoms with van der Waals surface area (Å²) in [5, 5.41) is 0. The molecule has 6 heteroatoms. The molecule has 0 aliphatic heterocycles. The van der Waals surface area contributed by atoms with Crippen molar-refractivity contribution in [3.05, 3.63) is 85.7 Å². The van der Waals surface area contributed by atoms with E-state index in [2.05, 4.69) is 32.2 Å². The van der Waals surface area contributed by atoms with Crippen LogP contribution in [0.1, 0.15) is 0 Å². The minimum absolute atomic E-state index is 0. The van der Waals surface area contributed by atoms with Gasteiger partial charge in [0.15, 0.2) is 0 Å². The van der Waals surface area contributed by atoms with Gasteiger partial charge in [-0.2, -0.15) is 17.7 Å². The zero-order valence-corrected chi connectivity index (χ0v) is 17.3. The van der Waals surface area contributed by atoms with Crippen LogP contribution in [0, 0.1) is 12.3 Å². The minimum atomic E-state index is 0. The molecule has 0 bridgehead atoms. The molecule has 2 N–H and O–H groups in total. The molecule has 4 aromatic rings. The van der Waals surface area contributed by atoms with Crippen LogP contribution in [0.15, 0.2) is 73.4 Å². The Balaban J connectivity index is 0.000000222. The molecule has 0 unspecified atom stereocenters. The second kappa shape index (κ2) is 10.8. The number of H-pyrrole nitrogens is 2. The Hall–Kier alpha value is -1.84. The van der Waals surface area contributed by atoms with Gasteiger partial charge in [0.05, 0.1) is 0 Å². The van der Waals surface area contributed by atoms with E-state index in [-0.39, 0.29) is 40.2 Å². The van der Waals surface area contributed by atoms with Crippen LogP contribution in [0.25, 0.3) is 22.5 Å². The number of rotatable bonds is 2. The second-order valence-electron chi connectivity index (χ2n) is 4.46. The number of nitrogens with one attached hydrogen (secondary N) is 2. The SMILES string of the molecule is [Ir].[Ir].[c-]1[nH]ccc1-c1ccccn1.[c-]1c[nH]cc1-c1ccccn1. The van der Waals surface area contributed by atoms with Crippen molar-refractivity contribution in [1.29, 1.82) is 0 Å². The molecule has 2 radical (unpaired) electrons. The molecule has 24 heavy (non-hydrogen) atoms. The molecule has 0 saturated heterocycles. The Morgan fingerprint density at radius 2 is 1.46 bits per heavy atom. The quantitative estimate of drug-likeness (QED) is 0.320. The summed E-state index contributed by atoms with van der Waals surface area (Å²) in [6.45, 7) is 0. The molecule has 0 aromatic carbocycles. The summed E-state index contributed by atoms with van der Waals surface area (Å²) in [5.74, 6) is 0. The van der Waals surface area contributed by atoms with Crippen LogP contribution in [0.5, 0.6) is 0 Å². The number of pyridine rings is 2. The molecule has 4 nitrogen and oxygen atoms in total. The fourth-order valence-corrected chi connectivity index (χ4v) is 1.91. The first-order valence-electron chi connectivity index (χ1n) is 6.86. The minimum Gasteiger partial charge on any atom is -0.453 e. The molecule has 4 aromatic heterocycles. The van der Waals surface area contributed by atoms with E-state index in [0.29, 0.717) is 0 Å². The zero-order valence-electron chi connectivity index (χ0n) is 12.5. The average Bonchev–Trinajstić information content (AvgIpc) is 3.31. The van der Waals surface area contributed by atoms with Crippen LogP contribution in [0.4, 0.5) is 0 Å². The standard InChI is InChI=1S/2C9H7N2.2Ir/c2*1-2-5-11-9(3-1)8-4-6-10-7-8;;/h1-3,5-7,10H;1-6,10H;;/q2*-1;;. The summed E-state index contributed by atoms with van der Waals surface area (Å²) in [5.41, 5.74) is 3.92. The van der Waals surface area contributed by atoms with Gasteiger partial charge < -0.3 is 19.9 Å². The largest absolute Gasteiger partial charge is 0.453 e. The van der Waals surface area contributed by atoms with Crippen molar-refractivity contribution in [3.63, 3.8) is 0 Å². The van der Waals surface area contributed by atoms with E-state index in [4.69, 9.17) is 0 Å². The van der Waals surface area contributed by atoms with Crippen LogP contribution >= 0.6 is 0 Å². The maximum absolute atomic E-state index is 4.17. The number of hydrogen-bond donors (Lipinski definition) is 2. The number of aromatic amines is 2. The molecule has 4 rings (SSSR count). The van der Waals surface area contributed by atoms with Crippen molar-refractivity contribution in [2.45, 2.75) is 0 Å². The van der Waals surface area contributed by atoms with Gasteiger partial charge in [0.1, 0.15) is 0 Å². The molecule has 0 aliphatic rings. The Bertz CT molecular complexity index is 701. The summed E-state index contributed by atoms with van der Waals surface area (Å²) in [7, 11) is 0. The first-order valence-corrected chi connectivity index (χ1v) is 6.86. The molecule has 4 heterocycles. The van der Waals surface area contributed by atoms with E-state index in [9.17, 15) is 0 Å². The number of aromatic nitrogens is 4. The topological polar surface area (TPSA) is 57.4 Å². The fourth-order valence-electron chi connectivity index (χ4n) is 1.91. The van der Waals surface area contributed by atoms with E-state index < -0.39 is 0 Å². The Labute approximate surface area is 167 Å². The van der Waals surface area contributed by atoms with Crippen LogP contribution in [0.3, 0.4) is 0 Å². The number of hydrogen-bond acceptors (Lipinski definition) is 2. The van der Waals surface area contributed by atoms with E-state index in [1.165, 1.54) is 0 Å². The van der Waals surface area contributed by atoms with Crippen LogP contribution < -0.4 is 0 Å². The first kappa shape index (κ1) is 20.2. The van der Waals surface area contributed by atoms with Gasteiger partial charge in [-0.25, -0.2) is 0 Å². The first-order chi connectivity index (χ1) is 10.9. The van der Waals surface area contributed by atoms with Crippen molar-refractivity contribution in [3.8, 4) is 22.5 Å². The third kappa shape index (κ3) is 5.66. The number of nitrogens with zero attached hydrogens (tertiary/aromatic N) is 2. The summed E-state index contributed by atoms with van der Waals surface area (Å²) in [6.07, 6.45) is 12.0. The van der Waals surface area contributed by atoms with Gasteiger partial charge >= 0.3 is 0 Å². The summed E-state index contributed by atoms with van der Waals surface area (Å²) < 4.78 is 0. The molecule has 0 amide bonds. The van der Waals surface area contributed by atoms with Gasteiger partial charge in [-0.3, -0.25) is 0 Å². The summed E-state index contributed by atoms with van der Waals surface area (Å²) >= 11 is 0. The molecular formula is C18H14Ir2N4-2. The van der Waals surface area contributed by atoms with Gasteiger partial charge in [-0.15, -0.1) is 18.0 Å². The Morgan fingerprint density at radius 1 is 0.792 bits per heavy atom. The fraction of sp³-hybridized carbons (Fsp3) is 0. The maximum atomic E-state index is 4.17. The van der Waals surface area contributed by atoms with Gasteiger partial charge in [-0.05, 0) is 23.5 Å². The Morgan fingerprint density at radius 3 is 1.92 bits per heavy atom. The van der Waals surface area contributed by atoms with Crippen molar-refractivity contribution < 1.29 is 40.2 Å². The van der Waals surface area contributed by atoms with Crippen molar-refractivity contribution in [1.82, 2.24) is 19.9 Å². The molecule has 0 fully saturated rings. The van der Waals surface area contributed by atoms with Crippen molar-refractivity contribution in [2.24, 2.45) is 0 Å². The third-order valence-electron chi connectivity index (χ3n) is 2.96. The van der Waals surface area contributed by atoms with E-state index in [1.54, 1.807) is 18.6 Å². The van der Waals surface area contributed by atoms with E-state index >= 15 is 0 Å². The molecule has 0 atom stereocenters. The zero-order chi connectivity index (χ0) is 15.0. The summed E-state index contributed by atoms with van der Waals surface area (Å²) in [6, 6.07) is 16.6. The normalized spacial score (nSPS) is 9.00. The van der Waals surface area contributed by atoms with Gasteiger partial charge in [0.2, 0.25) is 0 Å². The molecule has 0 spiro atoms. The molecule has 0 aliphatic carbocycles. The molecular weight excluding hydrogens is 657 g/mol. The smallest absolute Gasteiger partial charge is 0.0160 e. The predicted octanol–water partition coefficient (Wildman–Crippen LogP) is 3.75. The monoisotopic (exact) mass is 672 g/mol. The van der Waals surface area contributed by atoms with Gasteiger partial charge in [-0.1, -0.05) is 36.7 Å². The average molecular weight is 671 g/mol. The van der Waals surface area contributed by atoms with Crippen LogP contribution in [0.2, 0.25) is 0 Å². The third-order valence-corrected chi connectivity index (χ3v) is 2.96. The van der Waals surface area contributed by atoms with E-state index in [1.807, 2.05) is 54.9 Å². The maximum Gasteiger partial charge on any atom is 0.0160 e. The van der Waals surface area contributed by atoms with Gasteiger partial charge in [0, 0.05) is 52.6 Å². The van der Waals surface area contributed by atoms with Crippen molar-refractivity contribution in [2.75, 3.05) is 0 Å². The summed E-state index contributed by atoms with van der Waals surface area (Å²) in [4.78, 5) is 14.1. The molecule has 0 saturated carbocycles. The van der Waals surface area contributed by atoms with Crippen LogP contribution in [-0.4, -0.2) is 19.9 Å². The predicted molar refractivity (Wildman–Crippen MR) is 85.7 cm³/mol. The van der Waals surface area contributed by atoms with E-state index in [0.717, 1.165) is 22.5 Å². The Kier molecular flexibility index (Phi) is 9.13.